The van der Waals surface area contributed by atoms with Crippen molar-refractivity contribution in [1.29, 1.82) is 0 Å². The van der Waals surface area contributed by atoms with E-state index in [1.165, 1.54) is 28.7 Å². The summed E-state index contributed by atoms with van der Waals surface area (Å²) in [5, 5.41) is 14.9. The van der Waals surface area contributed by atoms with E-state index < -0.39 is 0 Å². The number of carbonyl (C=O) groups excluding carboxylic acids is 1. The van der Waals surface area contributed by atoms with Crippen LogP contribution in [0.3, 0.4) is 0 Å². The summed E-state index contributed by atoms with van der Waals surface area (Å²) in [6, 6.07) is 9.69. The summed E-state index contributed by atoms with van der Waals surface area (Å²) in [5.74, 6) is 1.06. The Labute approximate surface area is 154 Å². The van der Waals surface area contributed by atoms with E-state index in [1.54, 1.807) is 6.26 Å². The Morgan fingerprint density at radius 1 is 1.28 bits per heavy atom. The lowest BCUT2D eigenvalue weighted by molar-refractivity contribution is -0.113. The van der Waals surface area contributed by atoms with Crippen molar-refractivity contribution in [3.05, 3.63) is 53.5 Å². The normalized spacial score (nSPS) is 10.6. The maximum absolute atomic E-state index is 12.1. The summed E-state index contributed by atoms with van der Waals surface area (Å²) in [7, 11) is 0. The molecule has 0 spiro atoms. The largest absolute Gasteiger partial charge is 0.467 e. The molecule has 3 aromatic rings. The van der Waals surface area contributed by atoms with E-state index in [0.29, 0.717) is 17.4 Å². The Balaban J connectivity index is 1.47. The van der Waals surface area contributed by atoms with Crippen LogP contribution in [0.4, 0.5) is 10.8 Å². The molecule has 3 rings (SSSR count). The van der Waals surface area contributed by atoms with Crippen molar-refractivity contribution in [2.45, 2.75) is 24.7 Å². The zero-order valence-corrected chi connectivity index (χ0v) is 15.5. The Morgan fingerprint density at radius 2 is 2.16 bits per heavy atom. The van der Waals surface area contributed by atoms with Crippen LogP contribution in [0, 0.1) is 13.8 Å². The van der Waals surface area contributed by atoms with Gasteiger partial charge < -0.3 is 15.1 Å². The van der Waals surface area contributed by atoms with E-state index in [4.69, 9.17) is 4.42 Å². The SMILES string of the molecule is Cc1ccc(NC(=O)CSc2nnc(NCc3ccco3)s2)c(C)c1. The maximum atomic E-state index is 12.1. The van der Waals surface area contributed by atoms with E-state index in [2.05, 4.69) is 20.8 Å². The number of carbonyl (C=O) groups is 1. The molecule has 0 fully saturated rings. The molecule has 0 radical (unpaired) electrons. The van der Waals surface area contributed by atoms with Crippen LogP contribution in [0.5, 0.6) is 0 Å². The van der Waals surface area contributed by atoms with Gasteiger partial charge >= 0.3 is 0 Å². The Hall–Kier alpha value is -2.32. The van der Waals surface area contributed by atoms with Crippen LogP contribution in [0.1, 0.15) is 16.9 Å². The third kappa shape index (κ3) is 5.07. The van der Waals surface area contributed by atoms with Gasteiger partial charge in [-0.05, 0) is 37.6 Å². The van der Waals surface area contributed by atoms with Crippen LogP contribution >= 0.6 is 23.1 Å². The van der Waals surface area contributed by atoms with Crippen molar-refractivity contribution in [2.75, 3.05) is 16.4 Å². The number of benzene rings is 1. The number of aryl methyl sites for hydroxylation is 2. The number of amides is 1. The van der Waals surface area contributed by atoms with Gasteiger partial charge in [0.05, 0.1) is 18.6 Å². The second kappa shape index (κ2) is 8.17. The zero-order valence-electron chi connectivity index (χ0n) is 13.9. The van der Waals surface area contributed by atoms with Crippen LogP contribution in [0.15, 0.2) is 45.4 Å². The quantitative estimate of drug-likeness (QED) is 0.606. The molecule has 130 valence electrons. The van der Waals surface area contributed by atoms with Crippen molar-refractivity contribution in [3.63, 3.8) is 0 Å². The summed E-state index contributed by atoms with van der Waals surface area (Å²) >= 11 is 2.79. The molecule has 2 aromatic heterocycles. The van der Waals surface area contributed by atoms with Crippen LogP contribution in [0.2, 0.25) is 0 Å². The second-order valence-electron chi connectivity index (χ2n) is 5.46. The van der Waals surface area contributed by atoms with Gasteiger partial charge in [0.1, 0.15) is 5.76 Å². The summed E-state index contributed by atoms with van der Waals surface area (Å²) < 4.78 is 6.00. The Bertz CT molecular complexity index is 846. The predicted molar refractivity (Wildman–Crippen MR) is 101 cm³/mol. The van der Waals surface area contributed by atoms with Gasteiger partial charge in [-0.3, -0.25) is 4.79 Å². The number of anilines is 2. The van der Waals surface area contributed by atoms with Gasteiger partial charge in [-0.25, -0.2) is 0 Å². The lowest BCUT2D eigenvalue weighted by atomic mass is 10.1. The molecule has 2 heterocycles. The van der Waals surface area contributed by atoms with Crippen molar-refractivity contribution >= 4 is 39.8 Å². The van der Waals surface area contributed by atoms with E-state index in [1.807, 2.05) is 44.2 Å². The molecule has 0 bridgehead atoms. The minimum atomic E-state index is -0.0581. The molecule has 6 nitrogen and oxygen atoms in total. The molecule has 0 atom stereocenters. The molecule has 0 saturated carbocycles. The summed E-state index contributed by atoms with van der Waals surface area (Å²) in [5.41, 5.74) is 3.07. The molecular weight excluding hydrogens is 356 g/mol. The predicted octanol–water partition coefficient (Wildman–Crippen LogP) is 4.09. The van der Waals surface area contributed by atoms with Crippen LogP contribution in [-0.4, -0.2) is 21.9 Å². The maximum Gasteiger partial charge on any atom is 0.234 e. The van der Waals surface area contributed by atoms with E-state index in [-0.39, 0.29) is 5.91 Å². The van der Waals surface area contributed by atoms with Gasteiger partial charge in [0.2, 0.25) is 11.0 Å². The third-order valence-corrected chi connectivity index (χ3v) is 5.40. The summed E-state index contributed by atoms with van der Waals surface area (Å²) in [6.07, 6.45) is 1.63. The average molecular weight is 374 g/mol. The molecule has 1 amide bonds. The van der Waals surface area contributed by atoms with Crippen LogP contribution < -0.4 is 10.6 Å². The standard InChI is InChI=1S/C17H18N4O2S2/c1-11-5-6-14(12(2)8-11)19-15(22)10-24-17-21-20-16(25-17)18-9-13-4-3-7-23-13/h3-8H,9-10H2,1-2H3,(H,18,20)(H,19,22). The number of thioether (sulfide) groups is 1. The number of rotatable bonds is 7. The Morgan fingerprint density at radius 3 is 2.92 bits per heavy atom. The van der Waals surface area contributed by atoms with Gasteiger partial charge in [0.25, 0.3) is 0 Å². The van der Waals surface area contributed by atoms with Gasteiger partial charge in [-0.1, -0.05) is 40.8 Å². The molecule has 0 aliphatic rings. The first-order valence-corrected chi connectivity index (χ1v) is 9.50. The molecule has 1 aromatic carbocycles. The lowest BCUT2D eigenvalue weighted by Crippen LogP contribution is -2.14. The van der Waals surface area contributed by atoms with Gasteiger partial charge in [0.15, 0.2) is 4.34 Å². The fourth-order valence-electron chi connectivity index (χ4n) is 2.18. The van der Waals surface area contributed by atoms with Gasteiger partial charge in [-0.2, -0.15) is 0 Å². The van der Waals surface area contributed by atoms with E-state index in [0.717, 1.165) is 21.4 Å². The van der Waals surface area contributed by atoms with Crippen molar-refractivity contribution in [1.82, 2.24) is 10.2 Å². The first-order valence-electron chi connectivity index (χ1n) is 7.70. The van der Waals surface area contributed by atoms with Gasteiger partial charge in [0, 0.05) is 5.69 Å². The average Bonchev–Trinajstić information content (AvgIpc) is 3.25. The molecule has 2 N–H and O–H groups in total. The number of nitrogens with one attached hydrogen (secondary N) is 2. The molecule has 0 unspecified atom stereocenters. The van der Waals surface area contributed by atoms with Crippen LogP contribution in [0.25, 0.3) is 0 Å². The highest BCUT2D eigenvalue weighted by molar-refractivity contribution is 8.01. The highest BCUT2D eigenvalue weighted by Gasteiger charge is 2.10. The molecule has 0 aliphatic carbocycles. The van der Waals surface area contributed by atoms with Crippen molar-refractivity contribution < 1.29 is 9.21 Å². The molecular formula is C17H18N4O2S2. The minimum Gasteiger partial charge on any atom is -0.467 e. The first kappa shape index (κ1) is 17.5. The van der Waals surface area contributed by atoms with Crippen LogP contribution in [-0.2, 0) is 11.3 Å². The number of hydrogen-bond acceptors (Lipinski definition) is 7. The summed E-state index contributed by atoms with van der Waals surface area (Å²) in [6.45, 7) is 4.57. The van der Waals surface area contributed by atoms with E-state index in [9.17, 15) is 4.79 Å². The second-order valence-corrected chi connectivity index (χ2v) is 7.66. The minimum absolute atomic E-state index is 0.0581. The van der Waals surface area contributed by atoms with Crippen molar-refractivity contribution in [3.8, 4) is 0 Å². The Kier molecular flexibility index (Phi) is 5.72. The molecule has 8 heteroatoms. The molecule has 25 heavy (non-hydrogen) atoms. The number of furan rings is 1. The first-order chi connectivity index (χ1) is 12.1. The number of hydrogen-bond donors (Lipinski definition) is 2. The lowest BCUT2D eigenvalue weighted by Gasteiger charge is -2.08. The zero-order chi connectivity index (χ0) is 17.6. The molecule has 0 aliphatic heterocycles. The monoisotopic (exact) mass is 374 g/mol. The molecule has 0 saturated heterocycles. The third-order valence-electron chi connectivity index (χ3n) is 3.38. The van der Waals surface area contributed by atoms with Crippen molar-refractivity contribution in [2.24, 2.45) is 0 Å². The fourth-order valence-corrected chi connectivity index (χ4v) is 3.73. The number of aromatic nitrogens is 2. The summed E-state index contributed by atoms with van der Waals surface area (Å²) in [4.78, 5) is 12.1. The van der Waals surface area contributed by atoms with Gasteiger partial charge in [-0.15, -0.1) is 10.2 Å². The highest BCUT2D eigenvalue weighted by atomic mass is 32.2. The smallest absolute Gasteiger partial charge is 0.234 e. The van der Waals surface area contributed by atoms with E-state index >= 15 is 0 Å². The number of nitrogens with zero attached hydrogens (tertiary/aromatic N) is 2. The topological polar surface area (TPSA) is 80.0 Å². The fraction of sp³-hybridized carbons (Fsp3) is 0.235. The highest BCUT2D eigenvalue weighted by Crippen LogP contribution is 2.26.